The molecular formula is C6H8N2O2. The predicted octanol–water partition coefficient (Wildman–Crippen LogP) is -0.461. The lowest BCUT2D eigenvalue weighted by atomic mass is 10.3. The van der Waals surface area contributed by atoms with E-state index in [1.165, 1.54) is 12.3 Å². The zero-order valence-electron chi connectivity index (χ0n) is 5.29. The molecule has 1 aromatic heterocycles. The number of hydrogen-bond donors (Lipinski definition) is 3. The van der Waals surface area contributed by atoms with Gasteiger partial charge in [-0.15, -0.1) is 0 Å². The van der Waals surface area contributed by atoms with Gasteiger partial charge in [0.25, 0.3) is 0 Å². The molecular weight excluding hydrogens is 132 g/mol. The fraction of sp³-hybridized carbons (Fsp3) is 0.167. The molecule has 54 valence electrons. The minimum atomic E-state index is -0.404. The molecule has 1 heterocycles. The molecule has 4 N–H and O–H groups in total. The van der Waals surface area contributed by atoms with Crippen LogP contribution in [0.5, 0.6) is 5.75 Å². The van der Waals surface area contributed by atoms with Gasteiger partial charge >= 0.3 is 0 Å². The Hall–Kier alpha value is -1.29. The number of nitrogens with one attached hydrogen (secondary N) is 1. The Morgan fingerprint density at radius 2 is 2.40 bits per heavy atom. The van der Waals surface area contributed by atoms with Crippen LogP contribution in [0, 0.1) is 0 Å². The summed E-state index contributed by atoms with van der Waals surface area (Å²) in [6.07, 6.45) is 1.45. The molecule has 0 aliphatic heterocycles. The largest absolute Gasteiger partial charge is 0.503 e. The number of pyridine rings is 1. The van der Waals surface area contributed by atoms with E-state index in [9.17, 15) is 4.79 Å². The minimum absolute atomic E-state index is 0.141. The van der Waals surface area contributed by atoms with E-state index in [2.05, 4.69) is 4.98 Å². The first-order chi connectivity index (χ1) is 4.75. The Bertz CT molecular complexity index is 279. The van der Waals surface area contributed by atoms with Gasteiger partial charge < -0.3 is 15.8 Å². The van der Waals surface area contributed by atoms with Gasteiger partial charge in [0, 0.05) is 18.8 Å². The molecule has 0 unspecified atom stereocenters. The summed E-state index contributed by atoms with van der Waals surface area (Å²) in [5, 5.41) is 8.97. The van der Waals surface area contributed by atoms with Crippen molar-refractivity contribution < 1.29 is 5.11 Å². The number of H-pyrrole nitrogens is 1. The highest BCUT2D eigenvalue weighted by Crippen LogP contribution is 2.03. The van der Waals surface area contributed by atoms with Gasteiger partial charge in [-0.1, -0.05) is 0 Å². The van der Waals surface area contributed by atoms with Crippen LogP contribution < -0.4 is 11.2 Å². The Morgan fingerprint density at radius 3 is 2.90 bits per heavy atom. The molecule has 0 atom stereocenters. The summed E-state index contributed by atoms with van der Waals surface area (Å²) in [5.74, 6) is -0.287. The normalized spacial score (nSPS) is 9.70. The van der Waals surface area contributed by atoms with Crippen LogP contribution in [0.1, 0.15) is 5.69 Å². The molecule has 4 nitrogen and oxygen atoms in total. The van der Waals surface area contributed by atoms with E-state index in [4.69, 9.17) is 10.8 Å². The Morgan fingerprint density at radius 1 is 1.70 bits per heavy atom. The summed E-state index contributed by atoms with van der Waals surface area (Å²) in [7, 11) is 0. The van der Waals surface area contributed by atoms with Crippen LogP contribution in [-0.4, -0.2) is 10.1 Å². The maximum atomic E-state index is 10.7. The lowest BCUT2D eigenvalue weighted by Crippen LogP contribution is -2.07. The molecule has 0 spiro atoms. The van der Waals surface area contributed by atoms with Gasteiger partial charge in [0.15, 0.2) is 5.75 Å². The van der Waals surface area contributed by atoms with Crippen molar-refractivity contribution in [3.63, 3.8) is 0 Å². The van der Waals surface area contributed by atoms with Crippen LogP contribution in [0.4, 0.5) is 0 Å². The lowest BCUT2D eigenvalue weighted by molar-refractivity contribution is 0.459. The van der Waals surface area contributed by atoms with Crippen molar-refractivity contribution in [2.45, 2.75) is 6.54 Å². The van der Waals surface area contributed by atoms with Crippen molar-refractivity contribution in [1.29, 1.82) is 0 Å². The summed E-state index contributed by atoms with van der Waals surface area (Å²) in [6, 6.07) is 1.24. The summed E-state index contributed by atoms with van der Waals surface area (Å²) >= 11 is 0. The van der Waals surface area contributed by atoms with Gasteiger partial charge in [-0.3, -0.25) is 4.79 Å². The van der Waals surface area contributed by atoms with E-state index in [0.717, 1.165) is 0 Å². The highest BCUT2D eigenvalue weighted by Gasteiger charge is 2.00. The second-order valence-corrected chi connectivity index (χ2v) is 1.87. The van der Waals surface area contributed by atoms with Crippen molar-refractivity contribution in [2.75, 3.05) is 0 Å². The third kappa shape index (κ3) is 1.01. The summed E-state index contributed by atoms with van der Waals surface area (Å²) in [6.45, 7) is 0.141. The number of aromatic hydroxyl groups is 1. The topological polar surface area (TPSA) is 79.1 Å². The van der Waals surface area contributed by atoms with E-state index >= 15 is 0 Å². The monoisotopic (exact) mass is 140 g/mol. The summed E-state index contributed by atoms with van der Waals surface area (Å²) in [5.41, 5.74) is 5.15. The SMILES string of the molecule is NCc1[nH]ccc(=O)c1O. The van der Waals surface area contributed by atoms with Crippen LogP contribution in [0.3, 0.4) is 0 Å². The van der Waals surface area contributed by atoms with Gasteiger partial charge in [-0.2, -0.15) is 0 Å². The molecule has 4 heteroatoms. The molecule has 1 aromatic rings. The van der Waals surface area contributed by atoms with Gasteiger partial charge in [0.1, 0.15) is 0 Å². The van der Waals surface area contributed by atoms with E-state index in [1.54, 1.807) is 0 Å². The van der Waals surface area contributed by atoms with E-state index in [0.29, 0.717) is 5.69 Å². The van der Waals surface area contributed by atoms with Gasteiger partial charge in [-0.25, -0.2) is 0 Å². The van der Waals surface area contributed by atoms with Crippen LogP contribution in [0.2, 0.25) is 0 Å². The van der Waals surface area contributed by atoms with Gasteiger partial charge in [-0.05, 0) is 0 Å². The first kappa shape index (κ1) is 6.82. The van der Waals surface area contributed by atoms with Crippen LogP contribution in [0.25, 0.3) is 0 Å². The smallest absolute Gasteiger partial charge is 0.223 e. The third-order valence-corrected chi connectivity index (χ3v) is 1.22. The fourth-order valence-corrected chi connectivity index (χ4v) is 0.670. The van der Waals surface area contributed by atoms with Crippen LogP contribution >= 0.6 is 0 Å². The molecule has 1 rings (SSSR count). The molecule has 0 saturated carbocycles. The Labute approximate surface area is 57.3 Å². The molecule has 10 heavy (non-hydrogen) atoms. The van der Waals surface area contributed by atoms with E-state index in [1.807, 2.05) is 0 Å². The molecule has 0 radical (unpaired) electrons. The average molecular weight is 140 g/mol. The van der Waals surface area contributed by atoms with Crippen molar-refractivity contribution >= 4 is 0 Å². The number of hydrogen-bond acceptors (Lipinski definition) is 3. The zero-order chi connectivity index (χ0) is 7.56. The average Bonchev–Trinajstić information content (AvgIpc) is 1.95. The van der Waals surface area contributed by atoms with Gasteiger partial charge in [0.05, 0.1) is 5.69 Å². The third-order valence-electron chi connectivity index (χ3n) is 1.22. The fourth-order valence-electron chi connectivity index (χ4n) is 0.670. The number of aromatic nitrogens is 1. The van der Waals surface area contributed by atoms with Crippen molar-refractivity contribution in [2.24, 2.45) is 5.73 Å². The number of aromatic amines is 1. The molecule has 0 amide bonds. The second-order valence-electron chi connectivity index (χ2n) is 1.87. The van der Waals surface area contributed by atoms with Crippen molar-refractivity contribution in [3.8, 4) is 5.75 Å². The van der Waals surface area contributed by atoms with Crippen molar-refractivity contribution in [1.82, 2.24) is 4.98 Å². The minimum Gasteiger partial charge on any atom is -0.503 e. The highest BCUT2D eigenvalue weighted by molar-refractivity contribution is 5.24. The molecule has 0 bridgehead atoms. The van der Waals surface area contributed by atoms with Gasteiger partial charge in [0.2, 0.25) is 5.43 Å². The lowest BCUT2D eigenvalue weighted by Gasteiger charge is -1.97. The van der Waals surface area contributed by atoms with Crippen LogP contribution in [0.15, 0.2) is 17.1 Å². The summed E-state index contributed by atoms with van der Waals surface area (Å²) in [4.78, 5) is 13.3. The molecule has 0 aromatic carbocycles. The summed E-state index contributed by atoms with van der Waals surface area (Å²) < 4.78 is 0. The van der Waals surface area contributed by atoms with Crippen LogP contribution in [-0.2, 0) is 6.54 Å². The highest BCUT2D eigenvalue weighted by atomic mass is 16.3. The molecule has 0 fully saturated rings. The van der Waals surface area contributed by atoms with E-state index in [-0.39, 0.29) is 12.3 Å². The molecule has 0 saturated heterocycles. The maximum Gasteiger partial charge on any atom is 0.223 e. The first-order valence-corrected chi connectivity index (χ1v) is 2.85. The number of nitrogens with two attached hydrogens (primary N) is 1. The second kappa shape index (κ2) is 2.53. The first-order valence-electron chi connectivity index (χ1n) is 2.85. The quantitative estimate of drug-likeness (QED) is 0.493. The Balaban J connectivity index is 3.28. The van der Waals surface area contributed by atoms with Crippen molar-refractivity contribution in [3.05, 3.63) is 28.2 Å². The predicted molar refractivity (Wildman–Crippen MR) is 36.6 cm³/mol. The molecule has 0 aliphatic rings. The standard InChI is InChI=1S/C6H8N2O2/c7-3-4-6(10)5(9)1-2-8-4/h1-2,10H,3,7H2,(H,8,9). The number of rotatable bonds is 1. The Kier molecular flexibility index (Phi) is 1.73. The molecule has 0 aliphatic carbocycles. The maximum absolute atomic E-state index is 10.7. The zero-order valence-corrected chi connectivity index (χ0v) is 5.29. The van der Waals surface area contributed by atoms with E-state index < -0.39 is 5.43 Å².